The van der Waals surface area contributed by atoms with Gasteiger partial charge >= 0.3 is 0 Å². The average molecular weight is 225 g/mol. The van der Waals surface area contributed by atoms with Crippen LogP contribution >= 0.6 is 0 Å². The quantitative estimate of drug-likeness (QED) is 0.642. The summed E-state index contributed by atoms with van der Waals surface area (Å²) in [7, 11) is 0. The first-order chi connectivity index (χ1) is 7.58. The Bertz CT molecular complexity index is 298. The average Bonchev–Trinajstić information content (AvgIpc) is 2.21. The van der Waals surface area contributed by atoms with E-state index in [0.717, 1.165) is 0 Å². The third-order valence-electron chi connectivity index (χ3n) is 2.05. The number of benzene rings is 1. The number of hydrogen-bond donors (Lipinski definition) is 3. The number of aliphatic hydroxyl groups is 1. The normalized spacial score (nSPS) is 12.8. The number of rotatable bonds is 6. The lowest BCUT2D eigenvalue weighted by Gasteiger charge is -2.14. The first-order valence-corrected chi connectivity index (χ1v) is 5.45. The maximum absolute atomic E-state index is 9.56. The molecule has 0 amide bonds. The molecule has 3 N–H and O–H groups in total. The van der Waals surface area contributed by atoms with Gasteiger partial charge in [0.2, 0.25) is 0 Å². The molecule has 0 spiro atoms. The van der Waals surface area contributed by atoms with Crippen LogP contribution in [0, 0.1) is 0 Å². The molecule has 0 radical (unpaired) electrons. The van der Waals surface area contributed by atoms with Crippen LogP contribution in [0.4, 0.5) is 0 Å². The molecule has 0 bridgehead atoms. The monoisotopic (exact) mass is 225 g/mol. The molecule has 1 rings (SSSR count). The fourth-order valence-electron chi connectivity index (χ4n) is 1.24. The Morgan fingerprint density at radius 2 is 1.88 bits per heavy atom. The summed E-state index contributed by atoms with van der Waals surface area (Å²) in [6, 6.07) is 6.69. The van der Waals surface area contributed by atoms with Gasteiger partial charge in [-0.1, -0.05) is 13.8 Å². The van der Waals surface area contributed by atoms with Crippen LogP contribution in [0.15, 0.2) is 24.3 Å². The maximum atomic E-state index is 9.56. The van der Waals surface area contributed by atoms with Gasteiger partial charge in [-0.3, -0.25) is 0 Å². The van der Waals surface area contributed by atoms with Gasteiger partial charge in [-0.15, -0.1) is 0 Å². The second-order valence-corrected chi connectivity index (χ2v) is 3.96. The predicted molar refractivity (Wildman–Crippen MR) is 62.5 cm³/mol. The van der Waals surface area contributed by atoms with E-state index in [0.29, 0.717) is 24.8 Å². The summed E-state index contributed by atoms with van der Waals surface area (Å²) in [5.41, 5.74) is 0. The van der Waals surface area contributed by atoms with E-state index in [1.165, 1.54) is 12.1 Å². The molecule has 1 unspecified atom stereocenters. The molecule has 0 heterocycles. The van der Waals surface area contributed by atoms with E-state index in [1.807, 2.05) is 13.8 Å². The summed E-state index contributed by atoms with van der Waals surface area (Å²) in [6.45, 7) is 4.80. The molecule has 4 heteroatoms. The molecule has 90 valence electrons. The third kappa shape index (κ3) is 5.00. The lowest BCUT2D eigenvalue weighted by Crippen LogP contribution is -2.28. The van der Waals surface area contributed by atoms with Crippen LogP contribution in [-0.4, -0.2) is 29.1 Å². The van der Waals surface area contributed by atoms with E-state index in [9.17, 15) is 5.11 Å². The Hall–Kier alpha value is -1.26. The van der Waals surface area contributed by atoms with Crippen molar-refractivity contribution < 1.29 is 14.9 Å². The SMILES string of the molecule is CC(C)NCCC(O)Oc1ccc(O)cc1. The minimum Gasteiger partial charge on any atom is -0.508 e. The van der Waals surface area contributed by atoms with Crippen molar-refractivity contribution in [2.24, 2.45) is 0 Å². The number of phenols is 1. The molecule has 0 saturated carbocycles. The van der Waals surface area contributed by atoms with Gasteiger partial charge in [-0.05, 0) is 24.3 Å². The number of ether oxygens (including phenoxy) is 1. The van der Waals surface area contributed by atoms with Crippen LogP contribution in [0.1, 0.15) is 20.3 Å². The van der Waals surface area contributed by atoms with E-state index in [4.69, 9.17) is 9.84 Å². The Balaban J connectivity index is 2.28. The van der Waals surface area contributed by atoms with Gasteiger partial charge in [0, 0.05) is 19.0 Å². The summed E-state index contributed by atoms with van der Waals surface area (Å²) in [4.78, 5) is 0. The van der Waals surface area contributed by atoms with Gasteiger partial charge in [0.1, 0.15) is 11.5 Å². The summed E-state index contributed by atoms with van der Waals surface area (Å²) in [6.07, 6.45) is -0.296. The van der Waals surface area contributed by atoms with Crippen molar-refractivity contribution in [2.45, 2.75) is 32.6 Å². The highest BCUT2D eigenvalue weighted by Gasteiger charge is 2.05. The van der Waals surface area contributed by atoms with E-state index in [2.05, 4.69) is 5.32 Å². The van der Waals surface area contributed by atoms with Crippen LogP contribution in [0.2, 0.25) is 0 Å². The largest absolute Gasteiger partial charge is 0.508 e. The molecular formula is C12H19NO3. The van der Waals surface area contributed by atoms with E-state index >= 15 is 0 Å². The maximum Gasteiger partial charge on any atom is 0.198 e. The lowest BCUT2D eigenvalue weighted by atomic mass is 10.3. The number of nitrogens with one attached hydrogen (secondary N) is 1. The predicted octanol–water partition coefficient (Wildman–Crippen LogP) is 1.48. The Morgan fingerprint density at radius 1 is 1.25 bits per heavy atom. The second-order valence-electron chi connectivity index (χ2n) is 3.96. The van der Waals surface area contributed by atoms with E-state index in [1.54, 1.807) is 12.1 Å². The molecule has 4 nitrogen and oxygen atoms in total. The number of aliphatic hydroxyl groups excluding tert-OH is 1. The number of hydrogen-bond acceptors (Lipinski definition) is 4. The van der Waals surface area contributed by atoms with Crippen molar-refractivity contribution in [2.75, 3.05) is 6.54 Å². The standard InChI is InChI=1S/C12H19NO3/c1-9(2)13-8-7-12(15)16-11-5-3-10(14)4-6-11/h3-6,9,12-15H,7-8H2,1-2H3. The summed E-state index contributed by atoms with van der Waals surface area (Å²) in [5.74, 6) is 0.734. The minimum atomic E-state index is -0.823. The van der Waals surface area contributed by atoms with Crippen molar-refractivity contribution >= 4 is 0 Å². The van der Waals surface area contributed by atoms with Gasteiger partial charge in [0.05, 0.1) is 0 Å². The highest BCUT2D eigenvalue weighted by atomic mass is 16.6. The smallest absolute Gasteiger partial charge is 0.198 e. The van der Waals surface area contributed by atoms with Crippen molar-refractivity contribution in [3.63, 3.8) is 0 Å². The van der Waals surface area contributed by atoms with Crippen molar-refractivity contribution in [1.82, 2.24) is 5.32 Å². The Kier molecular flexibility index (Phi) is 5.08. The molecule has 0 fully saturated rings. The summed E-state index contributed by atoms with van der Waals surface area (Å²) >= 11 is 0. The molecule has 1 aromatic rings. The molecule has 1 atom stereocenters. The van der Waals surface area contributed by atoms with Crippen molar-refractivity contribution in [1.29, 1.82) is 0 Å². The Morgan fingerprint density at radius 3 is 2.44 bits per heavy atom. The lowest BCUT2D eigenvalue weighted by molar-refractivity contribution is -0.0226. The molecule has 1 aromatic carbocycles. The summed E-state index contributed by atoms with van der Waals surface area (Å²) in [5, 5.41) is 21.8. The van der Waals surface area contributed by atoms with Crippen LogP contribution in [0.5, 0.6) is 11.5 Å². The number of phenolic OH excluding ortho intramolecular Hbond substituents is 1. The highest BCUT2D eigenvalue weighted by molar-refractivity contribution is 5.30. The zero-order valence-electron chi connectivity index (χ0n) is 9.68. The first kappa shape index (κ1) is 12.8. The van der Waals surface area contributed by atoms with Gasteiger partial charge < -0.3 is 20.3 Å². The molecule has 0 aliphatic carbocycles. The van der Waals surface area contributed by atoms with Gasteiger partial charge in [0.25, 0.3) is 0 Å². The highest BCUT2D eigenvalue weighted by Crippen LogP contribution is 2.17. The topological polar surface area (TPSA) is 61.7 Å². The van der Waals surface area contributed by atoms with Crippen LogP contribution in [0.25, 0.3) is 0 Å². The molecule has 0 aliphatic heterocycles. The molecule has 0 aliphatic rings. The zero-order valence-corrected chi connectivity index (χ0v) is 9.68. The van der Waals surface area contributed by atoms with Gasteiger partial charge in [-0.25, -0.2) is 0 Å². The summed E-state index contributed by atoms with van der Waals surface area (Å²) < 4.78 is 5.26. The van der Waals surface area contributed by atoms with Gasteiger partial charge in [0.15, 0.2) is 6.29 Å². The molecule has 0 aromatic heterocycles. The fraction of sp³-hybridized carbons (Fsp3) is 0.500. The number of aromatic hydroxyl groups is 1. The van der Waals surface area contributed by atoms with Crippen LogP contribution in [-0.2, 0) is 0 Å². The Labute approximate surface area is 95.9 Å². The van der Waals surface area contributed by atoms with Crippen LogP contribution < -0.4 is 10.1 Å². The van der Waals surface area contributed by atoms with Crippen LogP contribution in [0.3, 0.4) is 0 Å². The van der Waals surface area contributed by atoms with Crippen molar-refractivity contribution in [3.8, 4) is 11.5 Å². The van der Waals surface area contributed by atoms with E-state index in [-0.39, 0.29) is 5.75 Å². The molecular weight excluding hydrogens is 206 g/mol. The van der Waals surface area contributed by atoms with Gasteiger partial charge in [-0.2, -0.15) is 0 Å². The first-order valence-electron chi connectivity index (χ1n) is 5.45. The fourth-order valence-corrected chi connectivity index (χ4v) is 1.24. The molecule has 16 heavy (non-hydrogen) atoms. The van der Waals surface area contributed by atoms with E-state index < -0.39 is 6.29 Å². The van der Waals surface area contributed by atoms with Crippen molar-refractivity contribution in [3.05, 3.63) is 24.3 Å². The molecule has 0 saturated heterocycles. The minimum absolute atomic E-state index is 0.184. The zero-order chi connectivity index (χ0) is 12.0. The third-order valence-corrected chi connectivity index (χ3v) is 2.05. The second kappa shape index (κ2) is 6.35.